The maximum Gasteiger partial charge on any atom is 0.284 e. The van der Waals surface area contributed by atoms with Gasteiger partial charge in [-0.25, -0.2) is 13.8 Å². The van der Waals surface area contributed by atoms with Crippen LogP contribution >= 0.6 is 23.2 Å². The molecule has 0 N–H and O–H groups in total. The summed E-state index contributed by atoms with van der Waals surface area (Å²) in [5, 5.41) is -1.09. The Balaban J connectivity index is 3.38. The Hall–Kier alpha value is -0.940. The van der Waals surface area contributed by atoms with Gasteiger partial charge in [0, 0.05) is 0 Å². The van der Waals surface area contributed by atoms with Crippen LogP contribution in [0.5, 0.6) is 5.75 Å². The van der Waals surface area contributed by atoms with Gasteiger partial charge in [0.25, 0.3) is 11.7 Å². The first-order valence-corrected chi connectivity index (χ1v) is 4.45. The van der Waals surface area contributed by atoms with Crippen molar-refractivity contribution in [3.8, 4) is 5.75 Å². The van der Waals surface area contributed by atoms with Crippen molar-refractivity contribution in [2.75, 3.05) is 7.11 Å². The molecule has 1 aromatic rings. The zero-order valence-corrected chi connectivity index (χ0v) is 8.94. The van der Waals surface area contributed by atoms with E-state index in [4.69, 9.17) is 23.2 Å². The monoisotopic (exact) mass is 255 g/mol. The van der Waals surface area contributed by atoms with Crippen molar-refractivity contribution in [2.24, 2.45) is 0 Å². The summed E-state index contributed by atoms with van der Waals surface area (Å²) in [4.78, 5) is 14.1. The van der Waals surface area contributed by atoms with E-state index in [9.17, 15) is 13.6 Å². The highest BCUT2D eigenvalue weighted by molar-refractivity contribution is 6.67. The van der Waals surface area contributed by atoms with Gasteiger partial charge in [-0.2, -0.15) is 0 Å². The molecule has 0 saturated heterocycles. The first kappa shape index (κ1) is 12.1. The lowest BCUT2D eigenvalue weighted by molar-refractivity contribution is 0.107. The van der Waals surface area contributed by atoms with E-state index in [0.717, 1.165) is 6.07 Å². The van der Waals surface area contributed by atoms with Crippen molar-refractivity contribution in [3.63, 3.8) is 0 Å². The lowest BCUT2D eigenvalue weighted by Gasteiger charge is -2.09. The van der Waals surface area contributed by atoms with Crippen molar-refractivity contribution in [1.29, 1.82) is 0 Å². The molecule has 0 aliphatic rings. The van der Waals surface area contributed by atoms with Gasteiger partial charge in [0.2, 0.25) is 0 Å². The standard InChI is InChI=1S/C8H5Cl2F2NO2/c1-15-6-3(9)2-4(7(10)14)13-5(6)8(11)12/h2,8H,1H3. The van der Waals surface area contributed by atoms with Gasteiger partial charge in [-0.3, -0.25) is 4.79 Å². The number of ether oxygens (including phenoxy) is 1. The van der Waals surface area contributed by atoms with Gasteiger partial charge in [-0.05, 0) is 17.7 Å². The molecule has 3 nitrogen and oxygen atoms in total. The van der Waals surface area contributed by atoms with Gasteiger partial charge in [0.15, 0.2) is 11.4 Å². The number of aromatic nitrogens is 1. The minimum atomic E-state index is -2.89. The molecule has 0 unspecified atom stereocenters. The molecule has 0 amide bonds. The van der Waals surface area contributed by atoms with Gasteiger partial charge >= 0.3 is 0 Å². The molecule has 1 heterocycles. The fourth-order valence-corrected chi connectivity index (χ4v) is 1.35. The Labute approximate surface area is 94.0 Å². The number of carbonyl (C=O) groups is 1. The van der Waals surface area contributed by atoms with E-state index in [0.29, 0.717) is 0 Å². The molecule has 82 valence electrons. The molecular weight excluding hydrogens is 251 g/mol. The van der Waals surface area contributed by atoms with E-state index >= 15 is 0 Å². The number of rotatable bonds is 3. The van der Waals surface area contributed by atoms with E-state index in [1.165, 1.54) is 7.11 Å². The molecule has 1 aromatic heterocycles. The van der Waals surface area contributed by atoms with E-state index in [-0.39, 0.29) is 16.5 Å². The van der Waals surface area contributed by atoms with E-state index in [1.54, 1.807) is 0 Å². The number of hydrogen-bond acceptors (Lipinski definition) is 3. The molecule has 0 radical (unpaired) electrons. The zero-order chi connectivity index (χ0) is 11.6. The third kappa shape index (κ3) is 2.54. The Morgan fingerprint density at radius 3 is 2.60 bits per heavy atom. The molecule has 7 heteroatoms. The van der Waals surface area contributed by atoms with Crippen molar-refractivity contribution < 1.29 is 18.3 Å². The van der Waals surface area contributed by atoms with Gasteiger partial charge in [0.05, 0.1) is 12.1 Å². The smallest absolute Gasteiger partial charge is 0.284 e. The van der Waals surface area contributed by atoms with Crippen LogP contribution in [-0.4, -0.2) is 17.3 Å². The molecule has 0 aliphatic carbocycles. The summed E-state index contributed by atoms with van der Waals surface area (Å²) in [6.07, 6.45) is -2.89. The van der Waals surface area contributed by atoms with Crippen LogP contribution in [0.15, 0.2) is 6.07 Å². The van der Waals surface area contributed by atoms with Crippen LogP contribution in [0, 0.1) is 0 Å². The lowest BCUT2D eigenvalue weighted by Crippen LogP contribution is -2.03. The number of pyridine rings is 1. The van der Waals surface area contributed by atoms with Gasteiger partial charge in [-0.15, -0.1) is 0 Å². The van der Waals surface area contributed by atoms with Crippen LogP contribution in [0.1, 0.15) is 22.6 Å². The van der Waals surface area contributed by atoms with Crippen molar-refractivity contribution in [1.82, 2.24) is 4.98 Å². The van der Waals surface area contributed by atoms with Crippen LogP contribution in [0.4, 0.5) is 8.78 Å². The minimum Gasteiger partial charge on any atom is -0.493 e. The maximum atomic E-state index is 12.5. The number of alkyl halides is 2. The average molecular weight is 256 g/mol. The fraction of sp³-hybridized carbons (Fsp3) is 0.250. The first-order chi connectivity index (χ1) is 6.97. The third-order valence-corrected chi connectivity index (χ3v) is 2.04. The Morgan fingerprint density at radius 2 is 2.20 bits per heavy atom. The summed E-state index contributed by atoms with van der Waals surface area (Å²) < 4.78 is 29.6. The normalized spacial score (nSPS) is 10.5. The second-order valence-corrected chi connectivity index (χ2v) is 3.23. The quantitative estimate of drug-likeness (QED) is 0.780. The van der Waals surface area contributed by atoms with Crippen molar-refractivity contribution >= 4 is 28.4 Å². The summed E-state index contributed by atoms with van der Waals surface area (Å²) in [5.41, 5.74) is -1.04. The van der Waals surface area contributed by atoms with Crippen LogP contribution in [-0.2, 0) is 0 Å². The van der Waals surface area contributed by atoms with Crippen LogP contribution in [0.3, 0.4) is 0 Å². The third-order valence-electron chi connectivity index (χ3n) is 1.57. The molecule has 0 saturated carbocycles. The highest BCUT2D eigenvalue weighted by Crippen LogP contribution is 2.34. The minimum absolute atomic E-state index is 0.133. The summed E-state index contributed by atoms with van der Waals surface area (Å²) in [6, 6.07) is 1.07. The second kappa shape index (κ2) is 4.72. The zero-order valence-electron chi connectivity index (χ0n) is 7.43. The highest BCUT2D eigenvalue weighted by atomic mass is 35.5. The molecule has 0 fully saturated rings. The summed E-state index contributed by atoms with van der Waals surface area (Å²) >= 11 is 10.7. The Bertz CT molecular complexity index is 398. The summed E-state index contributed by atoms with van der Waals surface area (Å²) in [6.45, 7) is 0. The van der Waals surface area contributed by atoms with Gasteiger partial charge in [-0.1, -0.05) is 11.6 Å². The molecule has 15 heavy (non-hydrogen) atoms. The predicted molar refractivity (Wildman–Crippen MR) is 50.9 cm³/mol. The van der Waals surface area contributed by atoms with E-state index < -0.39 is 17.4 Å². The topological polar surface area (TPSA) is 39.2 Å². The molecule has 0 spiro atoms. The van der Waals surface area contributed by atoms with Crippen molar-refractivity contribution in [3.05, 3.63) is 22.5 Å². The molecular formula is C8H5Cl2F2NO2. The largest absolute Gasteiger partial charge is 0.493 e. The number of halogens is 4. The molecule has 0 aliphatic heterocycles. The van der Waals surface area contributed by atoms with E-state index in [2.05, 4.69) is 9.72 Å². The molecule has 0 aromatic carbocycles. The number of methoxy groups -OCH3 is 1. The van der Waals surface area contributed by atoms with Crippen molar-refractivity contribution in [2.45, 2.75) is 6.43 Å². The average Bonchev–Trinajstić information content (AvgIpc) is 2.16. The molecule has 1 rings (SSSR count). The molecule has 0 bridgehead atoms. The molecule has 0 atom stereocenters. The predicted octanol–water partition coefficient (Wildman–Crippen LogP) is 3.06. The van der Waals surface area contributed by atoms with Crippen LogP contribution in [0.2, 0.25) is 5.02 Å². The van der Waals surface area contributed by atoms with Crippen LogP contribution in [0.25, 0.3) is 0 Å². The van der Waals surface area contributed by atoms with Crippen LogP contribution < -0.4 is 4.74 Å². The maximum absolute atomic E-state index is 12.5. The highest BCUT2D eigenvalue weighted by Gasteiger charge is 2.21. The lowest BCUT2D eigenvalue weighted by atomic mass is 10.3. The fourth-order valence-electron chi connectivity index (χ4n) is 0.971. The van der Waals surface area contributed by atoms with E-state index in [1.807, 2.05) is 0 Å². The summed E-state index contributed by atoms with van der Waals surface area (Å²) in [5.74, 6) is -0.256. The number of hydrogen-bond donors (Lipinski definition) is 0. The number of nitrogens with zero attached hydrogens (tertiary/aromatic N) is 1. The second-order valence-electron chi connectivity index (χ2n) is 2.48. The SMILES string of the molecule is COc1c(Cl)cc(C(=O)Cl)nc1C(F)F. The first-order valence-electron chi connectivity index (χ1n) is 3.69. The van der Waals surface area contributed by atoms with Gasteiger partial charge < -0.3 is 4.74 Å². The van der Waals surface area contributed by atoms with Gasteiger partial charge in [0.1, 0.15) is 5.69 Å². The Morgan fingerprint density at radius 1 is 1.60 bits per heavy atom. The number of carbonyl (C=O) groups excluding carboxylic acids is 1. The Kier molecular flexibility index (Phi) is 3.82. The summed E-state index contributed by atoms with van der Waals surface area (Å²) in [7, 11) is 1.18.